The first-order valence-corrected chi connectivity index (χ1v) is 6.76. The van der Waals surface area contributed by atoms with Crippen molar-refractivity contribution in [3.63, 3.8) is 0 Å². The maximum absolute atomic E-state index is 11.0. The average molecular weight is 267 g/mol. The maximum atomic E-state index is 11.0. The van der Waals surface area contributed by atoms with Crippen LogP contribution in [0.15, 0.2) is 24.3 Å². The summed E-state index contributed by atoms with van der Waals surface area (Å²) in [4.78, 5) is 15.6. The van der Waals surface area contributed by atoms with E-state index in [-0.39, 0.29) is 5.78 Å². The second-order valence-electron chi connectivity index (χ2n) is 4.73. The van der Waals surface area contributed by atoms with Gasteiger partial charge in [0.05, 0.1) is 10.7 Å². The van der Waals surface area contributed by atoms with Crippen LogP contribution in [0, 0.1) is 0 Å². The second-order valence-corrected chi connectivity index (χ2v) is 5.14. The largest absolute Gasteiger partial charge is 0.368 e. The SMILES string of the molecule is CC(=O)CCN1CCN(c2ccccc2Cl)CC1. The Morgan fingerprint density at radius 1 is 1.22 bits per heavy atom. The van der Waals surface area contributed by atoms with Crippen LogP contribution in [-0.4, -0.2) is 43.4 Å². The molecule has 1 saturated heterocycles. The molecule has 98 valence electrons. The molecule has 0 radical (unpaired) electrons. The van der Waals surface area contributed by atoms with Crippen LogP contribution in [0.4, 0.5) is 5.69 Å². The number of nitrogens with zero attached hydrogens (tertiary/aromatic N) is 2. The fourth-order valence-electron chi connectivity index (χ4n) is 2.24. The van der Waals surface area contributed by atoms with E-state index in [0.717, 1.165) is 43.4 Å². The second kappa shape index (κ2) is 6.21. The number of anilines is 1. The summed E-state index contributed by atoms with van der Waals surface area (Å²) in [6.07, 6.45) is 0.659. The van der Waals surface area contributed by atoms with Crippen LogP contribution in [0.25, 0.3) is 0 Å². The molecule has 0 N–H and O–H groups in total. The molecule has 0 unspecified atom stereocenters. The number of piperazine rings is 1. The molecule has 18 heavy (non-hydrogen) atoms. The highest BCUT2D eigenvalue weighted by atomic mass is 35.5. The summed E-state index contributed by atoms with van der Waals surface area (Å²) in [5.41, 5.74) is 1.12. The predicted octanol–water partition coefficient (Wildman–Crippen LogP) is 2.44. The Morgan fingerprint density at radius 3 is 2.50 bits per heavy atom. The minimum absolute atomic E-state index is 0.267. The lowest BCUT2D eigenvalue weighted by atomic mass is 10.2. The van der Waals surface area contributed by atoms with Crippen LogP contribution in [0.5, 0.6) is 0 Å². The van der Waals surface area contributed by atoms with Gasteiger partial charge in [-0.1, -0.05) is 23.7 Å². The number of para-hydroxylation sites is 1. The predicted molar refractivity (Wildman–Crippen MR) is 75.4 cm³/mol. The standard InChI is InChI=1S/C14H19ClN2O/c1-12(18)6-7-16-8-10-17(11-9-16)14-5-3-2-4-13(14)15/h2-5H,6-11H2,1H3. The van der Waals surface area contributed by atoms with Crippen molar-refractivity contribution < 1.29 is 4.79 Å². The molecule has 1 aliphatic rings. The first kappa shape index (κ1) is 13.4. The van der Waals surface area contributed by atoms with E-state index in [1.807, 2.05) is 18.2 Å². The zero-order valence-electron chi connectivity index (χ0n) is 10.7. The van der Waals surface area contributed by atoms with Crippen molar-refractivity contribution in [1.29, 1.82) is 0 Å². The number of hydrogen-bond donors (Lipinski definition) is 0. The van der Waals surface area contributed by atoms with Gasteiger partial charge in [0, 0.05) is 39.1 Å². The number of Topliss-reactive ketones (excluding diaryl/α,β-unsaturated/α-hetero) is 1. The molecule has 4 heteroatoms. The third-order valence-corrected chi connectivity index (χ3v) is 3.67. The van der Waals surface area contributed by atoms with Gasteiger partial charge in [-0.05, 0) is 19.1 Å². The van der Waals surface area contributed by atoms with Crippen molar-refractivity contribution in [3.8, 4) is 0 Å². The summed E-state index contributed by atoms with van der Waals surface area (Å²) in [5.74, 6) is 0.267. The zero-order valence-corrected chi connectivity index (χ0v) is 11.5. The fraction of sp³-hybridized carbons (Fsp3) is 0.500. The molecule has 1 aromatic rings. The van der Waals surface area contributed by atoms with Gasteiger partial charge in [0.1, 0.15) is 5.78 Å². The summed E-state index contributed by atoms with van der Waals surface area (Å²) in [6, 6.07) is 7.96. The third kappa shape index (κ3) is 3.47. The Kier molecular flexibility index (Phi) is 4.61. The first-order chi connectivity index (χ1) is 8.66. The lowest BCUT2D eigenvalue weighted by Gasteiger charge is -2.36. The molecule has 0 aliphatic carbocycles. The Morgan fingerprint density at radius 2 is 1.89 bits per heavy atom. The molecule has 0 amide bonds. The van der Waals surface area contributed by atoms with Gasteiger partial charge < -0.3 is 4.90 Å². The lowest BCUT2D eigenvalue weighted by molar-refractivity contribution is -0.117. The Labute approximate surface area is 113 Å². The number of benzene rings is 1. The van der Waals surface area contributed by atoms with E-state index in [1.165, 1.54) is 0 Å². The van der Waals surface area contributed by atoms with Crippen LogP contribution >= 0.6 is 11.6 Å². The van der Waals surface area contributed by atoms with Gasteiger partial charge in [0.2, 0.25) is 0 Å². The monoisotopic (exact) mass is 266 g/mol. The van der Waals surface area contributed by atoms with E-state index in [2.05, 4.69) is 15.9 Å². The number of rotatable bonds is 4. The summed E-state index contributed by atoms with van der Waals surface area (Å²) in [6.45, 7) is 6.48. The molecule has 0 atom stereocenters. The number of carbonyl (C=O) groups excluding carboxylic acids is 1. The lowest BCUT2D eigenvalue weighted by Crippen LogP contribution is -2.46. The molecule has 0 saturated carbocycles. The van der Waals surface area contributed by atoms with Gasteiger partial charge in [-0.2, -0.15) is 0 Å². The van der Waals surface area contributed by atoms with Crippen LogP contribution < -0.4 is 4.90 Å². The number of carbonyl (C=O) groups is 1. The van der Waals surface area contributed by atoms with E-state index < -0.39 is 0 Å². The minimum Gasteiger partial charge on any atom is -0.368 e. The first-order valence-electron chi connectivity index (χ1n) is 6.38. The van der Waals surface area contributed by atoms with E-state index in [4.69, 9.17) is 11.6 Å². The average Bonchev–Trinajstić information content (AvgIpc) is 2.38. The van der Waals surface area contributed by atoms with E-state index in [9.17, 15) is 4.79 Å². The van der Waals surface area contributed by atoms with Crippen molar-refractivity contribution in [1.82, 2.24) is 4.90 Å². The highest BCUT2D eigenvalue weighted by Gasteiger charge is 2.18. The van der Waals surface area contributed by atoms with E-state index >= 15 is 0 Å². The molecule has 1 heterocycles. The molecule has 2 rings (SSSR count). The van der Waals surface area contributed by atoms with Crippen LogP contribution in [-0.2, 0) is 4.79 Å². The molecule has 0 spiro atoms. The topological polar surface area (TPSA) is 23.6 Å². The van der Waals surface area contributed by atoms with E-state index in [1.54, 1.807) is 6.92 Å². The highest BCUT2D eigenvalue weighted by molar-refractivity contribution is 6.33. The van der Waals surface area contributed by atoms with Crippen LogP contribution in [0.2, 0.25) is 5.02 Å². The number of hydrogen-bond acceptors (Lipinski definition) is 3. The molecular formula is C14H19ClN2O. The molecule has 1 aliphatic heterocycles. The normalized spacial score (nSPS) is 16.9. The van der Waals surface area contributed by atoms with Crippen molar-refractivity contribution in [2.75, 3.05) is 37.6 Å². The number of ketones is 1. The summed E-state index contributed by atoms with van der Waals surface area (Å²) in [7, 11) is 0. The van der Waals surface area contributed by atoms with E-state index in [0.29, 0.717) is 6.42 Å². The molecule has 1 fully saturated rings. The molecule has 0 aromatic heterocycles. The van der Waals surface area contributed by atoms with Gasteiger partial charge in [-0.15, -0.1) is 0 Å². The zero-order chi connectivity index (χ0) is 13.0. The Bertz CT molecular complexity index is 414. The minimum atomic E-state index is 0.267. The molecular weight excluding hydrogens is 248 g/mol. The number of halogens is 1. The quantitative estimate of drug-likeness (QED) is 0.836. The van der Waals surface area contributed by atoms with Crippen molar-refractivity contribution in [3.05, 3.63) is 29.3 Å². The molecule has 3 nitrogen and oxygen atoms in total. The maximum Gasteiger partial charge on any atom is 0.131 e. The molecule has 0 bridgehead atoms. The fourth-order valence-corrected chi connectivity index (χ4v) is 2.49. The van der Waals surface area contributed by atoms with Gasteiger partial charge in [0.25, 0.3) is 0 Å². The van der Waals surface area contributed by atoms with Crippen LogP contribution in [0.1, 0.15) is 13.3 Å². The summed E-state index contributed by atoms with van der Waals surface area (Å²) in [5, 5.41) is 0.815. The smallest absolute Gasteiger partial charge is 0.131 e. The highest BCUT2D eigenvalue weighted by Crippen LogP contribution is 2.25. The summed E-state index contributed by atoms with van der Waals surface area (Å²) < 4.78 is 0. The third-order valence-electron chi connectivity index (χ3n) is 3.35. The van der Waals surface area contributed by atoms with Crippen molar-refractivity contribution in [2.45, 2.75) is 13.3 Å². The Hall–Kier alpha value is -1.06. The van der Waals surface area contributed by atoms with Gasteiger partial charge >= 0.3 is 0 Å². The Balaban J connectivity index is 1.87. The van der Waals surface area contributed by atoms with Crippen molar-refractivity contribution in [2.24, 2.45) is 0 Å². The molecule has 1 aromatic carbocycles. The van der Waals surface area contributed by atoms with Crippen LogP contribution in [0.3, 0.4) is 0 Å². The van der Waals surface area contributed by atoms with Gasteiger partial charge in [0.15, 0.2) is 0 Å². The van der Waals surface area contributed by atoms with Gasteiger partial charge in [-0.25, -0.2) is 0 Å². The summed E-state index contributed by atoms with van der Waals surface area (Å²) >= 11 is 6.20. The van der Waals surface area contributed by atoms with Gasteiger partial charge in [-0.3, -0.25) is 9.69 Å². The van der Waals surface area contributed by atoms with Crippen molar-refractivity contribution >= 4 is 23.1 Å².